The number of hydrogen-bond acceptors (Lipinski definition) is 1. The van der Waals surface area contributed by atoms with E-state index in [9.17, 15) is 0 Å². The monoisotopic (exact) mass is 229 g/mol. The van der Waals surface area contributed by atoms with E-state index in [1.807, 2.05) is 12.3 Å². The van der Waals surface area contributed by atoms with Crippen LogP contribution >= 0.6 is 0 Å². The van der Waals surface area contributed by atoms with Crippen molar-refractivity contribution in [1.82, 2.24) is 4.98 Å². The Labute approximate surface area is 65.7 Å². The van der Waals surface area contributed by atoms with Gasteiger partial charge in [0.15, 0.2) is 0 Å². The van der Waals surface area contributed by atoms with E-state index in [1.165, 1.54) is 8.15 Å². The molecule has 0 unspecified atom stereocenters. The standard InChI is InChI=1S/C5H4N.C2H5.Sn.2H/c1-2-4-6-5-3-1;1-2;;;/h1-4H;1H2,2H3;;;. The second-order valence-corrected chi connectivity index (χ2v) is 8.42. The first-order valence-electron chi connectivity index (χ1n) is 3.33. The summed E-state index contributed by atoms with van der Waals surface area (Å²) < 4.78 is 2.79. The van der Waals surface area contributed by atoms with Crippen LogP contribution in [0.3, 0.4) is 0 Å². The Bertz CT molecular complexity index is 162. The SMILES string of the molecule is C[CH2][SnH2][c]1ccccn1. The predicted octanol–water partition coefficient (Wildman–Crippen LogP) is 0.314. The molecule has 48 valence electrons. The maximum atomic E-state index is 4.26. The summed E-state index contributed by atoms with van der Waals surface area (Å²) in [4.78, 5) is 4.26. The molecule has 0 aromatic carbocycles. The van der Waals surface area contributed by atoms with Gasteiger partial charge in [-0.1, -0.05) is 0 Å². The van der Waals surface area contributed by atoms with E-state index >= 15 is 0 Å². The summed E-state index contributed by atoms with van der Waals surface area (Å²) in [6, 6.07) is 6.21. The molecule has 0 aliphatic rings. The first-order valence-corrected chi connectivity index (χ1v) is 8.20. The quantitative estimate of drug-likeness (QED) is 0.664. The number of nitrogens with zero attached hydrogens (tertiary/aromatic N) is 1. The van der Waals surface area contributed by atoms with Crippen LogP contribution in [-0.4, -0.2) is 26.1 Å². The molecule has 0 radical (unpaired) electrons. The van der Waals surface area contributed by atoms with E-state index in [2.05, 4.69) is 24.0 Å². The van der Waals surface area contributed by atoms with Crippen molar-refractivity contribution in [2.45, 2.75) is 11.4 Å². The number of rotatable bonds is 2. The van der Waals surface area contributed by atoms with Crippen molar-refractivity contribution in [3.63, 3.8) is 0 Å². The molecule has 1 heterocycles. The summed E-state index contributed by atoms with van der Waals surface area (Å²) in [7, 11) is 0. The molecule has 9 heavy (non-hydrogen) atoms. The summed E-state index contributed by atoms with van der Waals surface area (Å²) >= 11 is -0.581. The van der Waals surface area contributed by atoms with Gasteiger partial charge in [-0.15, -0.1) is 0 Å². The van der Waals surface area contributed by atoms with Crippen molar-refractivity contribution in [3.05, 3.63) is 24.4 Å². The van der Waals surface area contributed by atoms with E-state index < -0.39 is 21.1 Å². The van der Waals surface area contributed by atoms with Crippen LogP contribution in [0.2, 0.25) is 4.44 Å². The fraction of sp³-hybridized carbons (Fsp3) is 0.286. The molecule has 0 bridgehead atoms. The van der Waals surface area contributed by atoms with Gasteiger partial charge >= 0.3 is 65.6 Å². The van der Waals surface area contributed by atoms with Crippen LogP contribution in [0.1, 0.15) is 6.92 Å². The Balaban J connectivity index is 2.61. The molecule has 0 aliphatic heterocycles. The van der Waals surface area contributed by atoms with Gasteiger partial charge in [0.25, 0.3) is 0 Å². The summed E-state index contributed by atoms with van der Waals surface area (Å²) in [5, 5.41) is 0. The number of pyridine rings is 1. The van der Waals surface area contributed by atoms with E-state index in [1.54, 1.807) is 0 Å². The number of hydrogen-bond donors (Lipinski definition) is 0. The molecule has 1 nitrogen and oxygen atoms in total. The zero-order valence-electron chi connectivity index (χ0n) is 5.67. The first kappa shape index (κ1) is 7.06. The van der Waals surface area contributed by atoms with E-state index in [4.69, 9.17) is 0 Å². The van der Waals surface area contributed by atoms with Gasteiger partial charge in [0.1, 0.15) is 0 Å². The van der Waals surface area contributed by atoms with Crippen LogP contribution in [0, 0.1) is 0 Å². The van der Waals surface area contributed by atoms with Gasteiger partial charge in [0, 0.05) is 0 Å². The molecule has 1 aromatic rings. The zero-order valence-corrected chi connectivity index (χ0v) is 9.71. The topological polar surface area (TPSA) is 12.9 Å². The summed E-state index contributed by atoms with van der Waals surface area (Å²) in [5.41, 5.74) is 0. The second-order valence-electron chi connectivity index (χ2n) is 2.07. The Kier molecular flexibility index (Phi) is 3.04. The average molecular weight is 228 g/mol. The van der Waals surface area contributed by atoms with Gasteiger partial charge in [-0.25, -0.2) is 0 Å². The van der Waals surface area contributed by atoms with Crippen molar-refractivity contribution in [3.8, 4) is 0 Å². The van der Waals surface area contributed by atoms with Crippen molar-refractivity contribution in [2.75, 3.05) is 0 Å². The summed E-state index contributed by atoms with van der Waals surface area (Å²) in [6.45, 7) is 2.25. The van der Waals surface area contributed by atoms with Crippen LogP contribution < -0.4 is 3.71 Å². The van der Waals surface area contributed by atoms with Gasteiger partial charge < -0.3 is 0 Å². The fourth-order valence-corrected chi connectivity index (χ4v) is 3.80. The van der Waals surface area contributed by atoms with Crippen LogP contribution in [-0.2, 0) is 0 Å². The molecule has 2 heteroatoms. The molecule has 0 N–H and O–H groups in total. The summed E-state index contributed by atoms with van der Waals surface area (Å²) in [6.07, 6.45) is 1.89. The molecule has 1 aromatic heterocycles. The van der Waals surface area contributed by atoms with E-state index in [-0.39, 0.29) is 0 Å². The Morgan fingerprint density at radius 3 is 3.00 bits per heavy atom. The molecule has 0 amide bonds. The Morgan fingerprint density at radius 1 is 1.56 bits per heavy atom. The molecule has 0 aliphatic carbocycles. The van der Waals surface area contributed by atoms with Gasteiger partial charge in [-0.2, -0.15) is 0 Å². The van der Waals surface area contributed by atoms with Gasteiger partial charge in [0.05, 0.1) is 0 Å². The normalized spacial score (nSPS) is 10.8. The molecule has 1 rings (SSSR count). The van der Waals surface area contributed by atoms with E-state index in [0.717, 1.165) is 0 Å². The third kappa shape index (κ3) is 2.35. The Morgan fingerprint density at radius 2 is 2.44 bits per heavy atom. The van der Waals surface area contributed by atoms with Crippen LogP contribution in [0.5, 0.6) is 0 Å². The molecular formula is C7H11NSn. The molecule has 0 saturated carbocycles. The third-order valence-electron chi connectivity index (χ3n) is 1.23. The summed E-state index contributed by atoms with van der Waals surface area (Å²) in [5.74, 6) is 0. The maximum absolute atomic E-state index is 4.26. The Hall–Kier alpha value is -0.0513. The first-order chi connectivity index (χ1) is 4.43. The second kappa shape index (κ2) is 3.88. The molecule has 0 saturated heterocycles. The van der Waals surface area contributed by atoms with Crippen LogP contribution in [0.25, 0.3) is 0 Å². The van der Waals surface area contributed by atoms with Crippen molar-refractivity contribution >= 4 is 24.9 Å². The van der Waals surface area contributed by atoms with Crippen LogP contribution in [0.15, 0.2) is 24.4 Å². The van der Waals surface area contributed by atoms with Gasteiger partial charge in [-0.3, -0.25) is 0 Å². The van der Waals surface area contributed by atoms with E-state index in [0.29, 0.717) is 0 Å². The van der Waals surface area contributed by atoms with Crippen LogP contribution in [0.4, 0.5) is 0 Å². The van der Waals surface area contributed by atoms with Crippen molar-refractivity contribution < 1.29 is 0 Å². The molecule has 0 fully saturated rings. The molecular weight excluding hydrogens is 217 g/mol. The predicted molar refractivity (Wildman–Crippen MR) is 42.9 cm³/mol. The van der Waals surface area contributed by atoms with Gasteiger partial charge in [0.2, 0.25) is 0 Å². The van der Waals surface area contributed by atoms with Gasteiger partial charge in [-0.05, 0) is 0 Å². The molecule has 0 spiro atoms. The number of aromatic nitrogens is 1. The van der Waals surface area contributed by atoms with Crippen molar-refractivity contribution in [1.29, 1.82) is 0 Å². The fourth-order valence-electron chi connectivity index (χ4n) is 0.802. The minimum atomic E-state index is -0.581. The molecule has 0 atom stereocenters. The average Bonchev–Trinajstić information content (AvgIpc) is 1.91. The van der Waals surface area contributed by atoms with Crippen molar-refractivity contribution in [2.24, 2.45) is 0 Å². The third-order valence-corrected chi connectivity index (χ3v) is 5.32. The zero-order chi connectivity index (χ0) is 6.53. The minimum absolute atomic E-state index is 0.581.